The monoisotopic (exact) mass is 475 g/mol. The molecule has 2 saturated heterocycles. The molecule has 3 fully saturated rings. The molecule has 182 valence electrons. The zero-order valence-corrected chi connectivity index (χ0v) is 19.1. The number of carbonyl (C=O) groups excluding carboxylic acids is 1. The summed E-state index contributed by atoms with van der Waals surface area (Å²) in [4.78, 5) is 26.0. The van der Waals surface area contributed by atoms with Crippen molar-refractivity contribution in [2.24, 2.45) is 5.41 Å². The summed E-state index contributed by atoms with van der Waals surface area (Å²) in [5.74, 6) is -2.27. The van der Waals surface area contributed by atoms with E-state index >= 15 is 0 Å². The van der Waals surface area contributed by atoms with Crippen molar-refractivity contribution in [1.29, 1.82) is 0 Å². The number of halogens is 3. The van der Waals surface area contributed by atoms with E-state index in [1.165, 1.54) is 12.3 Å². The number of nitrogens with zero attached hydrogens (tertiary/aromatic N) is 5. The molecule has 1 aliphatic carbocycles. The molecule has 1 amide bonds. The molecule has 0 aromatic carbocycles. The number of rotatable bonds is 4. The standard InChI is InChI=1S/C24H28F3N5O2/c1-2-34-23(33)32-14-24(15-32)4-3-18(11-24)30-5-7-31(8-6-30)22-19(10-17(25)13-29-22)16-9-20(26)21(27)28-12-16/h9-10,12-13,18H,2-8,11,14-15H2,1H3/t18-/m1/s1. The maximum Gasteiger partial charge on any atom is 0.409 e. The smallest absolute Gasteiger partial charge is 0.409 e. The number of hydrogen-bond acceptors (Lipinski definition) is 6. The Hall–Kier alpha value is -2.88. The zero-order chi connectivity index (χ0) is 23.9. The van der Waals surface area contributed by atoms with Gasteiger partial charge in [-0.2, -0.15) is 4.39 Å². The second-order valence-corrected chi connectivity index (χ2v) is 9.50. The number of piperazine rings is 1. The van der Waals surface area contributed by atoms with E-state index in [9.17, 15) is 18.0 Å². The van der Waals surface area contributed by atoms with Crippen molar-refractivity contribution in [1.82, 2.24) is 19.8 Å². The van der Waals surface area contributed by atoms with Gasteiger partial charge in [0, 0.05) is 68.0 Å². The molecular formula is C24H28F3N5O2. The van der Waals surface area contributed by atoms with Gasteiger partial charge >= 0.3 is 6.09 Å². The SMILES string of the molecule is CCOC(=O)N1CC2(CC[C@@H](N3CCN(c4ncc(F)cc4-c4cnc(F)c(F)c4)CC3)C2)C1. The molecule has 2 aliphatic heterocycles. The van der Waals surface area contributed by atoms with Crippen LogP contribution in [0.3, 0.4) is 0 Å². The average Bonchev–Trinajstić information content (AvgIpc) is 3.26. The fourth-order valence-electron chi connectivity index (χ4n) is 5.65. The first kappa shape index (κ1) is 22.9. The molecule has 0 bridgehead atoms. The normalized spacial score (nSPS) is 22.2. The summed E-state index contributed by atoms with van der Waals surface area (Å²) in [6, 6.07) is 2.78. The van der Waals surface area contributed by atoms with Crippen LogP contribution in [0, 0.1) is 23.0 Å². The molecule has 2 aromatic rings. The average molecular weight is 476 g/mol. The summed E-state index contributed by atoms with van der Waals surface area (Å²) in [6.45, 7) is 6.81. The third kappa shape index (κ3) is 4.31. The van der Waals surface area contributed by atoms with Crippen LogP contribution in [0.25, 0.3) is 11.1 Å². The van der Waals surface area contributed by atoms with Gasteiger partial charge in [-0.05, 0) is 38.3 Å². The minimum absolute atomic E-state index is 0.208. The van der Waals surface area contributed by atoms with E-state index in [0.717, 1.165) is 57.7 Å². The van der Waals surface area contributed by atoms with Crippen LogP contribution >= 0.6 is 0 Å². The molecule has 0 N–H and O–H groups in total. The van der Waals surface area contributed by atoms with Gasteiger partial charge in [0.15, 0.2) is 5.82 Å². The van der Waals surface area contributed by atoms with Gasteiger partial charge in [-0.25, -0.2) is 23.5 Å². The summed E-state index contributed by atoms with van der Waals surface area (Å²) < 4.78 is 46.1. The minimum atomic E-state index is -1.19. The number of anilines is 1. The number of ether oxygens (including phenoxy) is 1. The molecule has 3 aliphatic rings. The van der Waals surface area contributed by atoms with E-state index in [0.29, 0.717) is 37.1 Å². The lowest BCUT2D eigenvalue weighted by atomic mass is 9.78. The predicted molar refractivity (Wildman–Crippen MR) is 120 cm³/mol. The highest BCUT2D eigenvalue weighted by Crippen LogP contribution is 2.47. The van der Waals surface area contributed by atoms with Gasteiger partial charge in [0.1, 0.15) is 11.6 Å². The topological polar surface area (TPSA) is 61.8 Å². The Morgan fingerprint density at radius 2 is 1.88 bits per heavy atom. The van der Waals surface area contributed by atoms with Crippen molar-refractivity contribution < 1.29 is 22.7 Å². The lowest BCUT2D eigenvalue weighted by Crippen LogP contribution is -2.58. The third-order valence-corrected chi connectivity index (χ3v) is 7.33. The molecule has 1 saturated carbocycles. The lowest BCUT2D eigenvalue weighted by Gasteiger charge is -2.48. The van der Waals surface area contributed by atoms with Crippen molar-refractivity contribution in [3.63, 3.8) is 0 Å². The van der Waals surface area contributed by atoms with E-state index in [1.807, 2.05) is 6.92 Å². The summed E-state index contributed by atoms with van der Waals surface area (Å²) in [7, 11) is 0. The van der Waals surface area contributed by atoms with Crippen LogP contribution in [-0.2, 0) is 4.74 Å². The number of amides is 1. The molecule has 4 heterocycles. The molecule has 10 heteroatoms. The van der Waals surface area contributed by atoms with Gasteiger partial charge in [-0.1, -0.05) is 0 Å². The first-order valence-electron chi connectivity index (χ1n) is 11.8. The molecule has 0 radical (unpaired) electrons. The zero-order valence-electron chi connectivity index (χ0n) is 19.1. The van der Waals surface area contributed by atoms with Crippen molar-refractivity contribution in [3.05, 3.63) is 42.1 Å². The van der Waals surface area contributed by atoms with E-state index < -0.39 is 17.6 Å². The fraction of sp³-hybridized carbons (Fsp3) is 0.542. The number of likely N-dealkylation sites (tertiary alicyclic amines) is 1. The van der Waals surface area contributed by atoms with Crippen LogP contribution in [-0.4, -0.2) is 77.8 Å². The van der Waals surface area contributed by atoms with Crippen molar-refractivity contribution in [2.75, 3.05) is 50.8 Å². The summed E-state index contributed by atoms with van der Waals surface area (Å²) in [5, 5.41) is 0. The van der Waals surface area contributed by atoms with Gasteiger partial charge in [-0.3, -0.25) is 4.90 Å². The fourth-order valence-corrected chi connectivity index (χ4v) is 5.65. The molecule has 34 heavy (non-hydrogen) atoms. The summed E-state index contributed by atoms with van der Waals surface area (Å²) >= 11 is 0. The second-order valence-electron chi connectivity index (χ2n) is 9.50. The number of pyridine rings is 2. The maximum absolute atomic E-state index is 14.0. The highest BCUT2D eigenvalue weighted by molar-refractivity contribution is 5.75. The van der Waals surface area contributed by atoms with Crippen LogP contribution in [0.5, 0.6) is 0 Å². The van der Waals surface area contributed by atoms with Crippen molar-refractivity contribution >= 4 is 11.9 Å². The van der Waals surface area contributed by atoms with Gasteiger partial charge < -0.3 is 14.5 Å². The Morgan fingerprint density at radius 3 is 2.59 bits per heavy atom. The minimum Gasteiger partial charge on any atom is -0.450 e. The number of aromatic nitrogens is 2. The Bertz CT molecular complexity index is 1070. The van der Waals surface area contributed by atoms with Crippen LogP contribution in [0.4, 0.5) is 23.8 Å². The van der Waals surface area contributed by atoms with E-state index in [4.69, 9.17) is 4.74 Å². The van der Waals surface area contributed by atoms with E-state index in [2.05, 4.69) is 19.8 Å². The highest BCUT2D eigenvalue weighted by Gasteiger charge is 2.51. The molecule has 2 aromatic heterocycles. The van der Waals surface area contributed by atoms with Gasteiger partial charge in [-0.15, -0.1) is 0 Å². The number of hydrogen-bond donors (Lipinski definition) is 0. The molecule has 0 unspecified atom stereocenters. The van der Waals surface area contributed by atoms with Crippen molar-refractivity contribution in [2.45, 2.75) is 32.2 Å². The van der Waals surface area contributed by atoms with Crippen molar-refractivity contribution in [3.8, 4) is 11.1 Å². The van der Waals surface area contributed by atoms with Gasteiger partial charge in [0.25, 0.3) is 0 Å². The largest absolute Gasteiger partial charge is 0.450 e. The maximum atomic E-state index is 14.0. The molecule has 7 nitrogen and oxygen atoms in total. The van der Waals surface area contributed by atoms with Crippen LogP contribution in [0.1, 0.15) is 26.2 Å². The number of carbonyl (C=O) groups is 1. The quantitative estimate of drug-likeness (QED) is 0.629. The lowest BCUT2D eigenvalue weighted by molar-refractivity contribution is -0.00294. The Labute approximate surface area is 196 Å². The molecule has 1 atom stereocenters. The molecule has 5 rings (SSSR count). The summed E-state index contributed by atoms with van der Waals surface area (Å²) in [6.07, 6.45) is 5.42. The second kappa shape index (κ2) is 9.05. The molecule has 1 spiro atoms. The summed E-state index contributed by atoms with van der Waals surface area (Å²) in [5.41, 5.74) is 0.894. The highest BCUT2D eigenvalue weighted by atomic mass is 19.2. The van der Waals surface area contributed by atoms with E-state index in [-0.39, 0.29) is 17.1 Å². The first-order chi connectivity index (χ1) is 16.4. The van der Waals surface area contributed by atoms with Crippen LogP contribution < -0.4 is 4.90 Å². The third-order valence-electron chi connectivity index (χ3n) is 7.33. The van der Waals surface area contributed by atoms with Crippen LogP contribution in [0.15, 0.2) is 24.5 Å². The Kier molecular flexibility index (Phi) is 6.09. The van der Waals surface area contributed by atoms with Crippen LogP contribution in [0.2, 0.25) is 0 Å². The van der Waals surface area contributed by atoms with Gasteiger partial charge in [0.05, 0.1) is 12.8 Å². The Morgan fingerprint density at radius 1 is 1.12 bits per heavy atom. The predicted octanol–water partition coefficient (Wildman–Crippen LogP) is 3.69. The molecular weight excluding hydrogens is 447 g/mol. The first-order valence-corrected chi connectivity index (χ1v) is 11.8. The van der Waals surface area contributed by atoms with Gasteiger partial charge in [0.2, 0.25) is 5.95 Å². The Balaban J connectivity index is 1.22. The van der Waals surface area contributed by atoms with E-state index in [1.54, 1.807) is 4.90 Å².